The summed E-state index contributed by atoms with van der Waals surface area (Å²) < 4.78 is 18.6. The van der Waals surface area contributed by atoms with Crippen molar-refractivity contribution in [2.45, 2.75) is 83.0 Å². The number of ether oxygens (including phenoxy) is 1. The third-order valence-corrected chi connectivity index (χ3v) is 9.18. The van der Waals surface area contributed by atoms with E-state index in [4.69, 9.17) is 14.0 Å². The minimum atomic E-state index is -0.967. The van der Waals surface area contributed by atoms with Gasteiger partial charge in [0.05, 0.1) is 23.7 Å². The Balaban J connectivity index is 1.26. The summed E-state index contributed by atoms with van der Waals surface area (Å²) in [7, 11) is -0.571. The number of rotatable bonds is 6. The normalized spacial score (nSPS) is 33.9. The van der Waals surface area contributed by atoms with Crippen LogP contribution in [0.15, 0.2) is 30.3 Å². The molecule has 190 valence electrons. The van der Waals surface area contributed by atoms with Crippen molar-refractivity contribution in [1.82, 2.24) is 10.2 Å². The molecule has 3 saturated carbocycles. The minimum Gasteiger partial charge on any atom is -0.465 e. The molecule has 9 heteroatoms. The van der Waals surface area contributed by atoms with Gasteiger partial charge in [0, 0.05) is 6.54 Å². The topological polar surface area (TPSA) is 97.3 Å². The van der Waals surface area contributed by atoms with E-state index >= 15 is 0 Å². The summed E-state index contributed by atoms with van der Waals surface area (Å²) in [5, 5.41) is 12.4. The van der Waals surface area contributed by atoms with E-state index in [1.165, 1.54) is 4.90 Å². The van der Waals surface area contributed by atoms with E-state index in [1.807, 2.05) is 30.3 Å². The number of amides is 2. The maximum atomic E-state index is 12.9. The number of carbonyl (C=O) groups is 2. The highest BCUT2D eigenvalue weighted by Gasteiger charge is 2.68. The summed E-state index contributed by atoms with van der Waals surface area (Å²) in [6.07, 6.45) is 3.63. The second kappa shape index (κ2) is 9.32. The molecule has 0 aromatic heterocycles. The number of nitrogens with zero attached hydrogens (tertiary/aromatic N) is 1. The average molecular weight is 484 g/mol. The van der Waals surface area contributed by atoms with Gasteiger partial charge in [-0.25, -0.2) is 9.59 Å². The van der Waals surface area contributed by atoms with Crippen LogP contribution in [0, 0.1) is 17.3 Å². The van der Waals surface area contributed by atoms with Gasteiger partial charge in [0.1, 0.15) is 6.61 Å². The lowest BCUT2D eigenvalue weighted by molar-refractivity contribution is -0.199. The summed E-state index contributed by atoms with van der Waals surface area (Å²) in [5.74, 6) is 0.655. The fraction of sp³-hybridized carbons (Fsp3) is 0.692. The highest BCUT2D eigenvalue weighted by molar-refractivity contribution is 6.47. The molecule has 2 aliphatic heterocycles. The minimum absolute atomic E-state index is 0.0201. The predicted octanol–water partition coefficient (Wildman–Crippen LogP) is 4.12. The van der Waals surface area contributed by atoms with Crippen molar-refractivity contribution in [2.75, 3.05) is 13.2 Å². The van der Waals surface area contributed by atoms with Gasteiger partial charge in [0.15, 0.2) is 0 Å². The van der Waals surface area contributed by atoms with Crippen LogP contribution in [0.5, 0.6) is 0 Å². The zero-order valence-corrected chi connectivity index (χ0v) is 20.9. The summed E-state index contributed by atoms with van der Waals surface area (Å²) in [5.41, 5.74) is 0.938. The Bertz CT molecular complexity index is 945. The lowest BCUT2D eigenvalue weighted by Crippen LogP contribution is -2.65. The Morgan fingerprint density at radius 3 is 2.71 bits per heavy atom. The molecule has 1 aromatic rings. The van der Waals surface area contributed by atoms with Crippen LogP contribution >= 0.6 is 0 Å². The van der Waals surface area contributed by atoms with E-state index in [2.05, 4.69) is 26.1 Å². The van der Waals surface area contributed by atoms with Crippen molar-refractivity contribution >= 4 is 19.3 Å². The number of carboxylic acid groups (broad SMARTS) is 1. The molecule has 5 fully saturated rings. The van der Waals surface area contributed by atoms with Crippen molar-refractivity contribution in [3.05, 3.63) is 35.9 Å². The Morgan fingerprint density at radius 1 is 1.23 bits per heavy atom. The molecule has 2 bridgehead atoms. The highest BCUT2D eigenvalue weighted by atomic mass is 16.7. The fourth-order valence-corrected chi connectivity index (χ4v) is 6.94. The van der Waals surface area contributed by atoms with E-state index in [0.29, 0.717) is 31.2 Å². The van der Waals surface area contributed by atoms with Crippen LogP contribution in [0.2, 0.25) is 0 Å². The Hall–Kier alpha value is -2.26. The number of likely N-dealkylation sites (tertiary alicyclic amines) is 1. The molecule has 3 aliphatic carbocycles. The second-order valence-corrected chi connectivity index (χ2v) is 11.5. The van der Waals surface area contributed by atoms with E-state index in [9.17, 15) is 14.7 Å². The Labute approximate surface area is 207 Å². The fourth-order valence-electron chi connectivity index (χ4n) is 6.94. The first kappa shape index (κ1) is 24.4. The maximum Gasteiger partial charge on any atom is 0.482 e. The molecule has 1 aromatic carbocycles. The summed E-state index contributed by atoms with van der Waals surface area (Å²) in [4.78, 5) is 25.8. The monoisotopic (exact) mass is 484 g/mol. The van der Waals surface area contributed by atoms with E-state index < -0.39 is 25.2 Å². The van der Waals surface area contributed by atoms with Crippen molar-refractivity contribution in [1.29, 1.82) is 0 Å². The molecule has 8 nitrogen and oxygen atoms in total. The van der Waals surface area contributed by atoms with E-state index in [1.54, 1.807) is 0 Å². The Kier molecular flexibility index (Phi) is 6.51. The molecular weight excluding hydrogens is 447 g/mol. The lowest BCUT2D eigenvalue weighted by Gasteiger charge is -2.64. The molecule has 6 atom stereocenters. The Morgan fingerprint density at radius 2 is 2.00 bits per heavy atom. The van der Waals surface area contributed by atoms with Crippen LogP contribution in [0.1, 0.15) is 58.4 Å². The van der Waals surface area contributed by atoms with Gasteiger partial charge in [0.2, 0.25) is 0 Å². The van der Waals surface area contributed by atoms with Gasteiger partial charge >= 0.3 is 19.3 Å². The van der Waals surface area contributed by atoms with Crippen LogP contribution in [0.4, 0.5) is 9.59 Å². The second-order valence-electron chi connectivity index (χ2n) is 11.5. The van der Waals surface area contributed by atoms with Crippen molar-refractivity contribution in [3.8, 4) is 0 Å². The first-order valence-corrected chi connectivity index (χ1v) is 13.0. The van der Waals surface area contributed by atoms with Gasteiger partial charge in [-0.05, 0) is 68.3 Å². The molecule has 2 saturated heterocycles. The molecule has 6 rings (SSSR count). The summed E-state index contributed by atoms with van der Waals surface area (Å²) >= 11 is 0. The number of piperidine rings is 1. The van der Waals surface area contributed by atoms with E-state index in [0.717, 1.165) is 31.2 Å². The van der Waals surface area contributed by atoms with Gasteiger partial charge in [-0.1, -0.05) is 44.2 Å². The van der Waals surface area contributed by atoms with Crippen LogP contribution < -0.4 is 5.32 Å². The van der Waals surface area contributed by atoms with E-state index in [-0.39, 0.29) is 29.8 Å². The number of carbonyl (C=O) groups excluding carboxylic acids is 1. The van der Waals surface area contributed by atoms with Crippen molar-refractivity contribution in [3.63, 3.8) is 0 Å². The molecule has 0 unspecified atom stereocenters. The quantitative estimate of drug-likeness (QED) is 0.590. The summed E-state index contributed by atoms with van der Waals surface area (Å²) in [6, 6.07) is 9.65. The average Bonchev–Trinajstić information content (AvgIpc) is 3.20. The molecule has 2 N–H and O–H groups in total. The molecule has 0 radical (unpaired) electrons. The standard InChI is InChI=1S/C26H37BN2O6/c1-25(2)18-14-20(25)26(3)21(15-18)34-27(35-26)22(13-17-9-5-4-6-10-17)28-23(30)33-16-19-11-7-8-12-29(19)24(31)32/h4-6,9-10,18-22H,7-8,11-16H2,1-3H3,(H,28,30)(H,31,32)/t18-,19+,20-,21+,22-,26-/m0/s1. The number of alkyl carbamates (subject to hydrolysis) is 1. The van der Waals surface area contributed by atoms with Gasteiger partial charge < -0.3 is 29.4 Å². The number of hydrogen-bond acceptors (Lipinski definition) is 5. The molecule has 35 heavy (non-hydrogen) atoms. The van der Waals surface area contributed by atoms with Crippen LogP contribution in [-0.4, -0.2) is 66.2 Å². The van der Waals surface area contributed by atoms with Gasteiger partial charge in [-0.3, -0.25) is 0 Å². The van der Waals surface area contributed by atoms with Crippen LogP contribution in [-0.2, 0) is 20.5 Å². The number of nitrogens with one attached hydrogen (secondary N) is 1. The van der Waals surface area contributed by atoms with Crippen molar-refractivity contribution in [2.24, 2.45) is 17.3 Å². The molecular formula is C26H37BN2O6. The number of hydrogen-bond donors (Lipinski definition) is 2. The molecule has 2 amide bonds. The largest absolute Gasteiger partial charge is 0.482 e. The summed E-state index contributed by atoms with van der Waals surface area (Å²) in [6.45, 7) is 7.34. The van der Waals surface area contributed by atoms with Crippen LogP contribution in [0.25, 0.3) is 0 Å². The maximum absolute atomic E-state index is 12.9. The lowest BCUT2D eigenvalue weighted by atomic mass is 9.43. The third kappa shape index (κ3) is 4.53. The smallest absolute Gasteiger partial charge is 0.465 e. The molecule has 0 spiro atoms. The zero-order chi connectivity index (χ0) is 24.8. The predicted molar refractivity (Wildman–Crippen MR) is 131 cm³/mol. The first-order valence-electron chi connectivity index (χ1n) is 13.0. The van der Waals surface area contributed by atoms with Gasteiger partial charge in [-0.2, -0.15) is 0 Å². The van der Waals surface area contributed by atoms with Gasteiger partial charge in [-0.15, -0.1) is 0 Å². The van der Waals surface area contributed by atoms with Gasteiger partial charge in [0.25, 0.3) is 0 Å². The third-order valence-electron chi connectivity index (χ3n) is 9.18. The number of benzene rings is 1. The SMILES string of the molecule is CC1(C)[C@@H]2C[C@H]3OB([C@H](Cc4ccccc4)NC(=O)OC[C@H]4CCCCN4C(=O)O)O[C@@]3(C)[C@H]1C2. The zero-order valence-electron chi connectivity index (χ0n) is 20.9. The first-order chi connectivity index (χ1) is 16.7. The molecule has 5 aliphatic rings. The molecule has 2 heterocycles. The van der Waals surface area contributed by atoms with Crippen LogP contribution in [0.3, 0.4) is 0 Å². The highest BCUT2D eigenvalue weighted by Crippen LogP contribution is 2.65. The van der Waals surface area contributed by atoms with Crippen molar-refractivity contribution < 1.29 is 28.7 Å².